The smallest absolute Gasteiger partial charge is 0.227 e. The number of rotatable bonds is 7. The summed E-state index contributed by atoms with van der Waals surface area (Å²) in [6, 6.07) is 14.4. The minimum atomic E-state index is -1.24. The maximum absolute atomic E-state index is 12.4. The van der Waals surface area contributed by atoms with Gasteiger partial charge < -0.3 is 20.0 Å². The summed E-state index contributed by atoms with van der Waals surface area (Å²) in [5.41, 5.74) is 1.45. The van der Waals surface area contributed by atoms with Crippen molar-refractivity contribution >= 4 is 40.2 Å². The number of carboxylic acid groups (broad SMARTS) is 1. The second-order valence-corrected chi connectivity index (χ2v) is 7.01. The highest BCUT2D eigenvalue weighted by molar-refractivity contribution is 14.1. The summed E-state index contributed by atoms with van der Waals surface area (Å²) in [6.45, 7) is 1.60. The maximum atomic E-state index is 12.4. The highest BCUT2D eigenvalue weighted by Crippen LogP contribution is 2.21. The molecule has 0 saturated heterocycles. The van der Waals surface area contributed by atoms with Gasteiger partial charge in [-0.15, -0.1) is 0 Å². The Hall–Kier alpha value is -2.09. The van der Waals surface area contributed by atoms with Gasteiger partial charge in [0.15, 0.2) is 0 Å². The highest BCUT2D eigenvalue weighted by Gasteiger charge is 2.25. The number of nitrogens with one attached hydrogen (secondary N) is 1. The van der Waals surface area contributed by atoms with E-state index < -0.39 is 17.8 Å². The summed E-state index contributed by atoms with van der Waals surface area (Å²) in [4.78, 5) is 24.0. The molecule has 5 nitrogen and oxygen atoms in total. The fourth-order valence-corrected chi connectivity index (χ4v) is 2.81. The van der Waals surface area contributed by atoms with Crippen molar-refractivity contribution in [2.75, 3.05) is 12.4 Å². The predicted molar refractivity (Wildman–Crippen MR) is 102 cm³/mol. The van der Waals surface area contributed by atoms with Crippen LogP contribution in [0.2, 0.25) is 0 Å². The minimum Gasteiger partial charge on any atom is -0.550 e. The van der Waals surface area contributed by atoms with Crippen molar-refractivity contribution in [1.82, 2.24) is 0 Å². The molecule has 0 aliphatic heterocycles. The molecule has 0 radical (unpaired) electrons. The van der Waals surface area contributed by atoms with E-state index in [9.17, 15) is 14.7 Å². The van der Waals surface area contributed by atoms with Crippen LogP contribution in [-0.2, 0) is 16.0 Å². The number of hydrogen-bond donors (Lipinski definition) is 1. The number of aliphatic carboxylic acids is 1. The first-order chi connectivity index (χ1) is 11.9. The molecule has 132 valence electrons. The number of carbonyl (C=O) groups is 2. The first-order valence-electron chi connectivity index (χ1n) is 7.81. The number of benzene rings is 2. The molecule has 1 N–H and O–H groups in total. The van der Waals surface area contributed by atoms with Gasteiger partial charge in [-0.1, -0.05) is 19.1 Å². The third-order valence-corrected chi connectivity index (χ3v) is 4.77. The minimum absolute atomic E-state index is 0.216. The monoisotopic (exact) mass is 452 g/mol. The lowest BCUT2D eigenvalue weighted by Crippen LogP contribution is -2.40. The van der Waals surface area contributed by atoms with Crippen molar-refractivity contribution in [3.63, 3.8) is 0 Å². The molecule has 2 aromatic carbocycles. The Morgan fingerprint density at radius 3 is 2.24 bits per heavy atom. The Morgan fingerprint density at radius 2 is 1.72 bits per heavy atom. The first-order valence-corrected chi connectivity index (χ1v) is 8.89. The van der Waals surface area contributed by atoms with Gasteiger partial charge in [-0.2, -0.15) is 0 Å². The largest absolute Gasteiger partial charge is 0.550 e. The summed E-state index contributed by atoms with van der Waals surface area (Å²) >= 11 is 2.17. The highest BCUT2D eigenvalue weighted by atomic mass is 127. The van der Waals surface area contributed by atoms with Crippen LogP contribution >= 0.6 is 22.6 Å². The van der Waals surface area contributed by atoms with Crippen LogP contribution in [0.1, 0.15) is 12.5 Å². The second-order valence-electron chi connectivity index (χ2n) is 5.76. The number of halogens is 1. The van der Waals surface area contributed by atoms with E-state index in [1.54, 1.807) is 50.4 Å². The van der Waals surface area contributed by atoms with Crippen molar-refractivity contribution in [3.05, 3.63) is 57.7 Å². The molecule has 25 heavy (non-hydrogen) atoms. The molecular formula is C19H19INO4-. The van der Waals surface area contributed by atoms with Crippen LogP contribution < -0.4 is 15.2 Å². The van der Waals surface area contributed by atoms with Gasteiger partial charge in [-0.25, -0.2) is 0 Å². The topological polar surface area (TPSA) is 78.5 Å². The number of methoxy groups -OCH3 is 1. The van der Waals surface area contributed by atoms with Gasteiger partial charge in [0.25, 0.3) is 0 Å². The van der Waals surface area contributed by atoms with E-state index >= 15 is 0 Å². The van der Waals surface area contributed by atoms with Crippen molar-refractivity contribution in [2.45, 2.75) is 13.3 Å². The molecule has 2 atom stereocenters. The van der Waals surface area contributed by atoms with Gasteiger partial charge in [0.05, 0.1) is 7.11 Å². The molecule has 0 aliphatic rings. The van der Waals surface area contributed by atoms with Crippen LogP contribution in [0.15, 0.2) is 48.5 Å². The number of ether oxygens (including phenoxy) is 1. The lowest BCUT2D eigenvalue weighted by molar-refractivity contribution is -0.312. The van der Waals surface area contributed by atoms with Gasteiger partial charge in [0.1, 0.15) is 5.75 Å². The molecule has 2 aromatic rings. The van der Waals surface area contributed by atoms with E-state index in [-0.39, 0.29) is 12.3 Å². The van der Waals surface area contributed by atoms with Crippen LogP contribution in [0.3, 0.4) is 0 Å². The van der Waals surface area contributed by atoms with Crippen molar-refractivity contribution < 1.29 is 19.4 Å². The van der Waals surface area contributed by atoms with Gasteiger partial charge in [-0.05, 0) is 71.0 Å². The molecular weight excluding hydrogens is 433 g/mol. The van der Waals surface area contributed by atoms with Gasteiger partial charge in [-0.3, -0.25) is 4.79 Å². The normalized spacial score (nSPS) is 12.9. The molecule has 2 rings (SSSR count). The summed E-state index contributed by atoms with van der Waals surface area (Å²) in [5, 5.41) is 14.3. The Kier molecular flexibility index (Phi) is 6.81. The van der Waals surface area contributed by atoms with Gasteiger partial charge in [0, 0.05) is 27.1 Å². The molecule has 0 unspecified atom stereocenters. The second kappa shape index (κ2) is 8.84. The van der Waals surface area contributed by atoms with Crippen molar-refractivity contribution in [2.24, 2.45) is 11.8 Å². The van der Waals surface area contributed by atoms with Crippen LogP contribution in [0.4, 0.5) is 5.69 Å². The molecule has 0 fully saturated rings. The average Bonchev–Trinajstić information content (AvgIpc) is 2.61. The standard InChI is InChI=1S/C19H20INO4/c1-12(18(22)21-15-7-5-14(20)6-8-15)17(19(23)24)11-13-3-9-16(25-2)10-4-13/h3-10,12,17H,11H2,1-2H3,(H,21,22)(H,23,24)/p-1/t12-,17-/m1/s1. The molecule has 1 amide bonds. The van der Waals surface area contributed by atoms with Gasteiger partial charge in [0.2, 0.25) is 5.91 Å². The zero-order valence-electron chi connectivity index (χ0n) is 14.0. The molecule has 0 bridgehead atoms. The molecule has 0 saturated carbocycles. The summed E-state index contributed by atoms with van der Waals surface area (Å²) < 4.78 is 6.14. The molecule has 0 aliphatic carbocycles. The maximum Gasteiger partial charge on any atom is 0.227 e. The third-order valence-electron chi connectivity index (χ3n) is 4.05. The van der Waals surface area contributed by atoms with Crippen LogP contribution in [-0.4, -0.2) is 19.0 Å². The quantitative estimate of drug-likeness (QED) is 0.655. The predicted octanol–water partition coefficient (Wildman–Crippen LogP) is 2.48. The zero-order valence-corrected chi connectivity index (χ0v) is 16.1. The number of anilines is 1. The number of carboxylic acids is 1. The Balaban J connectivity index is 2.07. The van der Waals surface area contributed by atoms with Crippen LogP contribution in [0.25, 0.3) is 0 Å². The fraction of sp³-hybridized carbons (Fsp3) is 0.263. The molecule has 0 heterocycles. The molecule has 0 aromatic heterocycles. The van der Waals surface area contributed by atoms with Crippen molar-refractivity contribution in [3.8, 4) is 5.75 Å². The third kappa shape index (κ3) is 5.45. The number of hydrogen-bond acceptors (Lipinski definition) is 4. The molecule has 0 spiro atoms. The summed E-state index contributed by atoms with van der Waals surface area (Å²) in [6.07, 6.45) is 0.216. The SMILES string of the molecule is COc1ccc(C[C@@H](C(=O)[O-])[C@@H](C)C(=O)Nc2ccc(I)cc2)cc1. The van der Waals surface area contributed by atoms with Crippen molar-refractivity contribution in [1.29, 1.82) is 0 Å². The van der Waals surface area contributed by atoms with E-state index in [0.717, 1.165) is 9.13 Å². The lowest BCUT2D eigenvalue weighted by atomic mass is 9.87. The first kappa shape index (κ1) is 19.2. The summed E-state index contributed by atoms with van der Waals surface area (Å²) in [5.74, 6) is -2.54. The average molecular weight is 452 g/mol. The Morgan fingerprint density at radius 1 is 1.12 bits per heavy atom. The Bertz CT molecular complexity index is 728. The Labute approximate surface area is 160 Å². The zero-order chi connectivity index (χ0) is 18.4. The summed E-state index contributed by atoms with van der Waals surface area (Å²) in [7, 11) is 1.57. The lowest BCUT2D eigenvalue weighted by Gasteiger charge is -2.24. The van der Waals surface area contributed by atoms with E-state index in [4.69, 9.17) is 4.74 Å². The fourth-order valence-electron chi connectivity index (χ4n) is 2.45. The van der Waals surface area contributed by atoms with Crippen LogP contribution in [0.5, 0.6) is 5.75 Å². The van der Waals surface area contributed by atoms with Crippen LogP contribution in [0, 0.1) is 15.4 Å². The van der Waals surface area contributed by atoms with E-state index in [2.05, 4.69) is 27.9 Å². The number of amides is 1. The van der Waals surface area contributed by atoms with E-state index in [0.29, 0.717) is 11.4 Å². The van der Waals surface area contributed by atoms with Gasteiger partial charge >= 0.3 is 0 Å². The van der Waals surface area contributed by atoms with E-state index in [1.807, 2.05) is 12.1 Å². The number of carbonyl (C=O) groups excluding carboxylic acids is 2. The van der Waals surface area contributed by atoms with E-state index in [1.165, 1.54) is 0 Å². The molecule has 6 heteroatoms.